The SMILES string of the molecule is CCOP(=O)(OCC)[C@@](CC)(CCS(=O)(=O)c1ccc2ccccc2c1)[N+](=O)[O-]. The molecule has 0 heterocycles. The van der Waals surface area contributed by atoms with E-state index in [0.29, 0.717) is 0 Å². The first-order chi connectivity index (χ1) is 13.7. The van der Waals surface area contributed by atoms with Crippen LogP contribution in [0.5, 0.6) is 0 Å². The average molecular weight is 443 g/mol. The molecule has 10 heteroatoms. The van der Waals surface area contributed by atoms with Crippen LogP contribution in [-0.4, -0.2) is 37.6 Å². The number of nitrogens with zero attached hydrogens (tertiary/aromatic N) is 1. The van der Waals surface area contributed by atoms with E-state index in [-0.39, 0.29) is 24.5 Å². The number of hydrogen-bond acceptors (Lipinski definition) is 7. The summed E-state index contributed by atoms with van der Waals surface area (Å²) in [6, 6.07) is 12.0. The van der Waals surface area contributed by atoms with Gasteiger partial charge in [0.1, 0.15) is 0 Å². The maximum Gasteiger partial charge on any atom is 0.406 e. The van der Waals surface area contributed by atoms with Crippen LogP contribution < -0.4 is 0 Å². The normalized spacial score (nSPS) is 14.6. The van der Waals surface area contributed by atoms with Gasteiger partial charge in [-0.3, -0.25) is 14.7 Å². The minimum absolute atomic E-state index is 0.0513. The molecule has 0 radical (unpaired) electrons. The lowest BCUT2D eigenvalue weighted by Crippen LogP contribution is -2.40. The molecule has 0 saturated carbocycles. The van der Waals surface area contributed by atoms with Gasteiger partial charge in [-0.15, -0.1) is 0 Å². The number of rotatable bonds is 11. The molecule has 0 fully saturated rings. The summed E-state index contributed by atoms with van der Waals surface area (Å²) >= 11 is 0. The van der Waals surface area contributed by atoms with E-state index < -0.39 is 39.8 Å². The Kier molecular flexibility index (Phi) is 7.56. The van der Waals surface area contributed by atoms with Crippen LogP contribution in [0.3, 0.4) is 0 Å². The average Bonchev–Trinajstić information content (AvgIpc) is 2.68. The summed E-state index contributed by atoms with van der Waals surface area (Å²) in [6.45, 7) is 4.49. The van der Waals surface area contributed by atoms with Gasteiger partial charge in [0.2, 0.25) is 0 Å². The van der Waals surface area contributed by atoms with E-state index in [1.807, 2.05) is 12.1 Å². The van der Waals surface area contributed by atoms with Crippen LogP contribution in [0.15, 0.2) is 47.4 Å². The molecule has 0 unspecified atom stereocenters. The van der Waals surface area contributed by atoms with Crippen molar-refractivity contribution in [2.24, 2.45) is 0 Å². The van der Waals surface area contributed by atoms with Gasteiger partial charge in [-0.1, -0.05) is 37.3 Å². The molecule has 0 amide bonds. The zero-order chi connectivity index (χ0) is 21.7. The zero-order valence-corrected chi connectivity index (χ0v) is 18.4. The van der Waals surface area contributed by atoms with Crippen LogP contribution >= 0.6 is 7.60 Å². The second-order valence-corrected chi connectivity index (χ2v) is 11.0. The molecule has 0 aliphatic rings. The number of hydrogen-bond donors (Lipinski definition) is 0. The Morgan fingerprint density at radius 2 is 1.62 bits per heavy atom. The fourth-order valence-electron chi connectivity index (χ4n) is 3.22. The van der Waals surface area contributed by atoms with E-state index in [1.165, 1.54) is 19.1 Å². The van der Waals surface area contributed by atoms with Crippen molar-refractivity contribution < 1.29 is 27.0 Å². The molecule has 29 heavy (non-hydrogen) atoms. The van der Waals surface area contributed by atoms with Crippen LogP contribution in [0.2, 0.25) is 0 Å². The highest BCUT2D eigenvalue weighted by molar-refractivity contribution is 7.91. The van der Waals surface area contributed by atoms with Gasteiger partial charge >= 0.3 is 12.9 Å². The molecule has 0 aromatic heterocycles. The number of benzene rings is 2. The monoisotopic (exact) mass is 443 g/mol. The Hall–Kier alpha value is -1.80. The third kappa shape index (κ3) is 4.69. The van der Waals surface area contributed by atoms with Crippen molar-refractivity contribution in [2.45, 2.75) is 43.8 Å². The first kappa shape index (κ1) is 23.5. The maximum absolute atomic E-state index is 13.3. The summed E-state index contributed by atoms with van der Waals surface area (Å²) < 4.78 is 49.5. The summed E-state index contributed by atoms with van der Waals surface area (Å²) in [5.74, 6) is -0.551. The smallest absolute Gasteiger partial charge is 0.304 e. The van der Waals surface area contributed by atoms with Crippen molar-refractivity contribution in [1.82, 2.24) is 0 Å². The molecule has 2 rings (SSSR count). The zero-order valence-electron chi connectivity index (χ0n) is 16.7. The second kappa shape index (κ2) is 9.34. The quantitative estimate of drug-likeness (QED) is 0.282. The van der Waals surface area contributed by atoms with Gasteiger partial charge in [0, 0.05) is 17.8 Å². The molecular weight excluding hydrogens is 417 g/mol. The summed E-state index contributed by atoms with van der Waals surface area (Å²) in [7, 11) is -8.05. The first-order valence-electron chi connectivity index (χ1n) is 9.41. The topological polar surface area (TPSA) is 113 Å². The van der Waals surface area contributed by atoms with E-state index in [9.17, 15) is 23.1 Å². The van der Waals surface area contributed by atoms with E-state index in [4.69, 9.17) is 9.05 Å². The van der Waals surface area contributed by atoms with E-state index in [1.54, 1.807) is 32.0 Å². The molecule has 0 N–H and O–H groups in total. The fourth-order valence-corrected chi connectivity index (χ4v) is 7.01. The molecule has 2 aromatic carbocycles. The molecule has 2 aromatic rings. The van der Waals surface area contributed by atoms with Crippen molar-refractivity contribution >= 4 is 28.2 Å². The van der Waals surface area contributed by atoms with Gasteiger partial charge in [-0.2, -0.15) is 0 Å². The largest absolute Gasteiger partial charge is 0.406 e. The van der Waals surface area contributed by atoms with Crippen LogP contribution in [0.4, 0.5) is 0 Å². The molecule has 0 saturated heterocycles. The molecule has 0 aliphatic heterocycles. The van der Waals surface area contributed by atoms with Crippen molar-refractivity contribution in [1.29, 1.82) is 0 Å². The summed E-state index contributed by atoms with van der Waals surface area (Å²) in [4.78, 5) is 11.3. The number of nitro groups is 1. The molecule has 8 nitrogen and oxygen atoms in total. The predicted octanol–water partition coefficient (Wildman–Crippen LogP) is 4.65. The Bertz CT molecular complexity index is 1010. The van der Waals surface area contributed by atoms with Gasteiger partial charge < -0.3 is 9.05 Å². The fraction of sp³-hybridized carbons (Fsp3) is 0.474. The van der Waals surface area contributed by atoms with Crippen LogP contribution in [0.1, 0.15) is 33.6 Å². The summed E-state index contributed by atoms with van der Waals surface area (Å²) in [5.41, 5.74) is 0. The van der Waals surface area contributed by atoms with E-state index in [2.05, 4.69) is 0 Å². The van der Waals surface area contributed by atoms with Crippen LogP contribution in [0.25, 0.3) is 10.8 Å². The first-order valence-corrected chi connectivity index (χ1v) is 12.6. The third-order valence-electron chi connectivity index (χ3n) is 4.87. The number of sulfone groups is 1. The third-order valence-corrected chi connectivity index (χ3v) is 9.50. The van der Waals surface area contributed by atoms with Crippen molar-refractivity contribution in [3.05, 3.63) is 52.6 Å². The van der Waals surface area contributed by atoms with E-state index >= 15 is 0 Å². The summed E-state index contributed by atoms with van der Waals surface area (Å²) in [6.07, 6.45) is -0.673. The van der Waals surface area contributed by atoms with Crippen molar-refractivity contribution in [2.75, 3.05) is 19.0 Å². The van der Waals surface area contributed by atoms with E-state index in [0.717, 1.165) is 10.8 Å². The van der Waals surface area contributed by atoms with Gasteiger partial charge in [0.15, 0.2) is 9.84 Å². The van der Waals surface area contributed by atoms with Gasteiger partial charge in [0.25, 0.3) is 0 Å². The Labute approximate surface area is 170 Å². The lowest BCUT2D eigenvalue weighted by molar-refractivity contribution is -0.546. The highest BCUT2D eigenvalue weighted by Crippen LogP contribution is 2.63. The lowest BCUT2D eigenvalue weighted by atomic mass is 10.1. The Morgan fingerprint density at radius 1 is 1.03 bits per heavy atom. The number of fused-ring (bicyclic) bond motifs is 1. The van der Waals surface area contributed by atoms with Crippen LogP contribution in [0, 0.1) is 10.1 Å². The Morgan fingerprint density at radius 3 is 2.14 bits per heavy atom. The maximum atomic E-state index is 13.3. The molecular formula is C19H26NO7PS. The van der Waals surface area contributed by atoms with Crippen molar-refractivity contribution in [3.63, 3.8) is 0 Å². The van der Waals surface area contributed by atoms with Crippen molar-refractivity contribution in [3.8, 4) is 0 Å². The molecule has 0 spiro atoms. The molecule has 160 valence electrons. The predicted molar refractivity (Wildman–Crippen MR) is 111 cm³/mol. The lowest BCUT2D eigenvalue weighted by Gasteiger charge is -2.30. The van der Waals surface area contributed by atoms with Crippen LogP contribution in [-0.2, 0) is 23.4 Å². The highest BCUT2D eigenvalue weighted by atomic mass is 32.2. The second-order valence-electron chi connectivity index (χ2n) is 6.50. The van der Waals surface area contributed by atoms with Gasteiger partial charge in [0.05, 0.1) is 23.9 Å². The standard InChI is InChI=1S/C19H26NO7PS/c1-4-19(20(21)22,28(23,26-5-2)27-6-3)13-14-29(24,25)18-12-11-16-9-7-8-10-17(16)15-18/h7-12,15H,4-6,13-14H2,1-3H3/t19-/m0/s1. The van der Waals surface area contributed by atoms with Gasteiger partial charge in [-0.25, -0.2) is 8.42 Å². The van der Waals surface area contributed by atoms with Gasteiger partial charge in [-0.05, 0) is 36.8 Å². The summed E-state index contributed by atoms with van der Waals surface area (Å²) in [5, 5.41) is 11.5. The highest BCUT2D eigenvalue weighted by Gasteiger charge is 2.61. The molecule has 0 aliphatic carbocycles. The molecule has 0 bridgehead atoms. The minimum atomic E-state index is -4.20. The molecule has 1 atom stereocenters. The Balaban J connectivity index is 2.40. The minimum Gasteiger partial charge on any atom is -0.304 e.